The van der Waals surface area contributed by atoms with Crippen LogP contribution in [0.3, 0.4) is 0 Å². The highest BCUT2D eigenvalue weighted by Crippen LogP contribution is 2.22. The predicted molar refractivity (Wildman–Crippen MR) is 118 cm³/mol. The maximum atomic E-state index is 13.3. The van der Waals surface area contributed by atoms with Gasteiger partial charge in [0.2, 0.25) is 0 Å². The van der Waals surface area contributed by atoms with E-state index < -0.39 is 0 Å². The van der Waals surface area contributed by atoms with Crippen LogP contribution < -0.4 is 10.9 Å². The lowest BCUT2D eigenvalue weighted by Gasteiger charge is -2.30. The molecule has 0 saturated carbocycles. The molecule has 160 valence electrons. The van der Waals surface area contributed by atoms with Crippen molar-refractivity contribution in [2.45, 2.75) is 32.9 Å². The number of carbonyl (C=O) groups excluding carboxylic acids is 2. The number of hydrogen-bond acceptors (Lipinski definition) is 3. The molecule has 0 unspecified atom stereocenters. The summed E-state index contributed by atoms with van der Waals surface area (Å²) in [6.07, 6.45) is 4.78. The Kier molecular flexibility index (Phi) is 6.02. The molecule has 2 aromatic heterocycles. The molecule has 0 saturated heterocycles. The van der Waals surface area contributed by atoms with E-state index in [0.717, 1.165) is 23.1 Å². The van der Waals surface area contributed by atoms with Crippen LogP contribution in [-0.4, -0.2) is 39.4 Å². The molecule has 1 aliphatic rings. The zero-order valence-electron chi connectivity index (χ0n) is 17.6. The summed E-state index contributed by atoms with van der Waals surface area (Å²) in [7, 11) is 0. The minimum atomic E-state index is -0.338. The molecule has 4 rings (SSSR count). The van der Waals surface area contributed by atoms with Gasteiger partial charge in [-0.25, -0.2) is 0 Å². The highest BCUT2D eigenvalue weighted by molar-refractivity contribution is 5.96. The van der Waals surface area contributed by atoms with Gasteiger partial charge in [0.25, 0.3) is 17.4 Å². The smallest absolute Gasteiger partial charge is 0.270 e. The van der Waals surface area contributed by atoms with Crippen molar-refractivity contribution in [2.24, 2.45) is 0 Å². The van der Waals surface area contributed by atoms with Gasteiger partial charge in [-0.1, -0.05) is 37.3 Å². The molecule has 1 aliphatic heterocycles. The fourth-order valence-corrected chi connectivity index (χ4v) is 3.98. The summed E-state index contributed by atoms with van der Waals surface area (Å²) in [4.78, 5) is 43.7. The number of benzene rings is 1. The van der Waals surface area contributed by atoms with Crippen LogP contribution in [0.25, 0.3) is 0 Å². The molecule has 0 radical (unpaired) electrons. The SMILES string of the molecule is CCCNC(=O)c1c2c(cn(Cc3ccccc3)c1=O)CN(C(=O)c1ccc[nH]1)CC2. The Morgan fingerprint density at radius 3 is 2.65 bits per heavy atom. The number of hydrogen-bond donors (Lipinski definition) is 2. The number of fused-ring (bicyclic) bond motifs is 1. The van der Waals surface area contributed by atoms with Gasteiger partial charge in [0, 0.05) is 32.0 Å². The molecule has 0 fully saturated rings. The fraction of sp³-hybridized carbons (Fsp3) is 0.292. The van der Waals surface area contributed by atoms with Crippen LogP contribution in [0.1, 0.15) is 50.9 Å². The molecule has 3 aromatic rings. The summed E-state index contributed by atoms with van der Waals surface area (Å²) in [5.41, 5.74) is 3.00. The zero-order valence-corrected chi connectivity index (χ0v) is 17.6. The van der Waals surface area contributed by atoms with Crippen molar-refractivity contribution in [1.82, 2.24) is 19.8 Å². The predicted octanol–water partition coefficient (Wildman–Crippen LogP) is 2.56. The number of amides is 2. The minimum absolute atomic E-state index is 0.0894. The largest absolute Gasteiger partial charge is 0.357 e. The van der Waals surface area contributed by atoms with E-state index in [2.05, 4.69) is 10.3 Å². The number of rotatable bonds is 6. The van der Waals surface area contributed by atoms with Gasteiger partial charge in [-0.2, -0.15) is 0 Å². The average Bonchev–Trinajstić information content (AvgIpc) is 3.33. The Bertz CT molecular complexity index is 1130. The lowest BCUT2D eigenvalue weighted by molar-refractivity contribution is 0.0728. The number of H-pyrrole nitrogens is 1. The standard InChI is InChI=1S/C24H26N4O3/c1-2-11-26-22(29)21-19-10-13-27(23(30)20-9-6-12-25-20)15-18(19)16-28(24(21)31)14-17-7-4-3-5-8-17/h3-9,12,16,25H,2,10-11,13-15H2,1H3,(H,26,29). The van der Waals surface area contributed by atoms with Crippen LogP contribution in [0.2, 0.25) is 0 Å². The lowest BCUT2D eigenvalue weighted by Crippen LogP contribution is -2.41. The van der Waals surface area contributed by atoms with Crippen LogP contribution in [0.5, 0.6) is 0 Å². The van der Waals surface area contributed by atoms with E-state index in [1.165, 1.54) is 0 Å². The van der Waals surface area contributed by atoms with Crippen LogP contribution in [0, 0.1) is 0 Å². The molecule has 3 heterocycles. The molecule has 0 aliphatic carbocycles. The molecule has 2 amide bonds. The quantitative estimate of drug-likeness (QED) is 0.645. The van der Waals surface area contributed by atoms with E-state index in [9.17, 15) is 14.4 Å². The Hall–Kier alpha value is -3.61. The van der Waals surface area contributed by atoms with Gasteiger partial charge < -0.3 is 19.8 Å². The maximum Gasteiger partial charge on any atom is 0.270 e. The molecule has 7 nitrogen and oxygen atoms in total. The van der Waals surface area contributed by atoms with E-state index >= 15 is 0 Å². The molecule has 31 heavy (non-hydrogen) atoms. The first-order valence-corrected chi connectivity index (χ1v) is 10.6. The van der Waals surface area contributed by atoms with Crippen LogP contribution in [0.4, 0.5) is 0 Å². The van der Waals surface area contributed by atoms with Gasteiger partial charge in [-0.3, -0.25) is 14.4 Å². The summed E-state index contributed by atoms with van der Waals surface area (Å²) in [5, 5.41) is 2.85. The number of aromatic amines is 1. The van der Waals surface area contributed by atoms with Gasteiger partial charge in [0.05, 0.1) is 6.54 Å². The molecule has 0 atom stereocenters. The third-order valence-corrected chi connectivity index (χ3v) is 5.54. The van der Waals surface area contributed by atoms with Gasteiger partial charge >= 0.3 is 0 Å². The third-order valence-electron chi connectivity index (χ3n) is 5.54. The summed E-state index contributed by atoms with van der Waals surface area (Å²) < 4.78 is 1.58. The van der Waals surface area contributed by atoms with E-state index in [0.29, 0.717) is 38.3 Å². The third kappa shape index (κ3) is 4.30. The van der Waals surface area contributed by atoms with Crippen LogP contribution >= 0.6 is 0 Å². The topological polar surface area (TPSA) is 87.2 Å². The second kappa shape index (κ2) is 9.04. The van der Waals surface area contributed by atoms with Crippen molar-refractivity contribution >= 4 is 11.8 Å². The molecule has 2 N–H and O–H groups in total. The number of nitrogens with one attached hydrogen (secondary N) is 2. The van der Waals surface area contributed by atoms with E-state index in [1.807, 2.05) is 37.3 Å². The van der Waals surface area contributed by atoms with Gasteiger partial charge in [0.15, 0.2) is 0 Å². The van der Waals surface area contributed by atoms with Crippen molar-refractivity contribution in [3.8, 4) is 0 Å². The van der Waals surface area contributed by atoms with Crippen molar-refractivity contribution in [3.63, 3.8) is 0 Å². The van der Waals surface area contributed by atoms with Gasteiger partial charge in [0.1, 0.15) is 11.3 Å². The molecular formula is C24H26N4O3. The first kappa shape index (κ1) is 20.7. The minimum Gasteiger partial charge on any atom is -0.357 e. The zero-order chi connectivity index (χ0) is 21.8. The summed E-state index contributed by atoms with van der Waals surface area (Å²) >= 11 is 0. The van der Waals surface area contributed by atoms with Crippen LogP contribution in [-0.2, 0) is 19.5 Å². The number of aromatic nitrogens is 2. The Morgan fingerprint density at radius 2 is 1.94 bits per heavy atom. The van der Waals surface area contributed by atoms with Crippen molar-refractivity contribution in [2.75, 3.05) is 13.1 Å². The second-order valence-electron chi connectivity index (χ2n) is 7.74. The van der Waals surface area contributed by atoms with Crippen LogP contribution in [0.15, 0.2) is 59.7 Å². The Morgan fingerprint density at radius 1 is 1.13 bits per heavy atom. The van der Waals surface area contributed by atoms with Gasteiger partial charge in [-0.05, 0) is 41.7 Å². The first-order chi connectivity index (χ1) is 15.1. The molecule has 0 spiro atoms. The molecule has 0 bridgehead atoms. The van der Waals surface area contributed by atoms with Crippen molar-refractivity contribution < 1.29 is 9.59 Å². The normalized spacial score (nSPS) is 13.0. The lowest BCUT2D eigenvalue weighted by atomic mass is 9.95. The molecule has 1 aromatic carbocycles. The van der Waals surface area contributed by atoms with Gasteiger partial charge in [-0.15, -0.1) is 0 Å². The highest BCUT2D eigenvalue weighted by atomic mass is 16.2. The molecule has 7 heteroatoms. The van der Waals surface area contributed by atoms with E-state index in [4.69, 9.17) is 0 Å². The maximum absolute atomic E-state index is 13.3. The number of pyridine rings is 1. The van der Waals surface area contributed by atoms with Crippen molar-refractivity contribution in [1.29, 1.82) is 0 Å². The van der Waals surface area contributed by atoms with E-state index in [-0.39, 0.29) is 22.9 Å². The average molecular weight is 418 g/mol. The first-order valence-electron chi connectivity index (χ1n) is 10.6. The Labute approximate surface area is 180 Å². The summed E-state index contributed by atoms with van der Waals surface area (Å²) in [6.45, 7) is 3.67. The van der Waals surface area contributed by atoms with E-state index in [1.54, 1.807) is 34.0 Å². The fourth-order valence-electron chi connectivity index (χ4n) is 3.98. The highest BCUT2D eigenvalue weighted by Gasteiger charge is 2.28. The summed E-state index contributed by atoms with van der Waals surface area (Å²) in [6, 6.07) is 13.2. The summed E-state index contributed by atoms with van der Waals surface area (Å²) in [5.74, 6) is -0.428. The number of nitrogens with zero attached hydrogens (tertiary/aromatic N) is 2. The Balaban J connectivity index is 1.73. The number of carbonyl (C=O) groups is 2. The second-order valence-corrected chi connectivity index (χ2v) is 7.74. The van der Waals surface area contributed by atoms with Crippen molar-refractivity contribution in [3.05, 3.63) is 93.2 Å². The monoisotopic (exact) mass is 418 g/mol. The molecular weight excluding hydrogens is 392 g/mol.